The second-order valence-corrected chi connectivity index (χ2v) is 4.63. The summed E-state index contributed by atoms with van der Waals surface area (Å²) in [5.74, 6) is 0. The lowest BCUT2D eigenvalue weighted by Crippen LogP contribution is -2.29. The maximum atomic E-state index is 11.2. The summed E-state index contributed by atoms with van der Waals surface area (Å²) in [5, 5.41) is 9.90. The number of sulfonamides is 1. The van der Waals surface area contributed by atoms with Crippen LogP contribution in [0.3, 0.4) is 0 Å². The molecule has 2 N–H and O–H groups in total. The van der Waals surface area contributed by atoms with Crippen molar-refractivity contribution in [2.45, 2.75) is 6.04 Å². The van der Waals surface area contributed by atoms with E-state index in [2.05, 4.69) is 11.3 Å². The molecular weight excluding hydrogens is 214 g/mol. The number of aliphatic hydroxyl groups is 1. The van der Waals surface area contributed by atoms with Gasteiger partial charge < -0.3 is 5.11 Å². The highest BCUT2D eigenvalue weighted by Crippen LogP contribution is 2.12. The molecular formula is C10H13NO3S. The van der Waals surface area contributed by atoms with Gasteiger partial charge in [0.25, 0.3) is 0 Å². The summed E-state index contributed by atoms with van der Waals surface area (Å²) in [6.45, 7) is 2.89. The van der Waals surface area contributed by atoms with Crippen molar-refractivity contribution in [1.29, 1.82) is 0 Å². The van der Waals surface area contributed by atoms with Crippen LogP contribution in [0.2, 0.25) is 0 Å². The Labute approximate surface area is 89.3 Å². The minimum absolute atomic E-state index is 0.295. The Morgan fingerprint density at radius 3 is 2.47 bits per heavy atom. The van der Waals surface area contributed by atoms with E-state index < -0.39 is 16.1 Å². The van der Waals surface area contributed by atoms with E-state index in [1.165, 1.54) is 0 Å². The SMILES string of the molecule is C=CS(=O)(=O)N[C@@H](CO)c1ccccc1. The second kappa shape index (κ2) is 5.06. The third kappa shape index (κ3) is 3.47. The molecule has 0 aliphatic rings. The van der Waals surface area contributed by atoms with Crippen molar-refractivity contribution in [3.63, 3.8) is 0 Å². The van der Waals surface area contributed by atoms with E-state index in [9.17, 15) is 8.42 Å². The zero-order valence-corrected chi connectivity index (χ0v) is 8.94. The molecule has 0 aromatic heterocycles. The first kappa shape index (κ1) is 11.9. The summed E-state index contributed by atoms with van der Waals surface area (Å²) in [4.78, 5) is 0. The molecule has 1 aromatic rings. The maximum absolute atomic E-state index is 11.2. The molecule has 0 fully saturated rings. The van der Waals surface area contributed by atoms with Gasteiger partial charge in [0.1, 0.15) is 0 Å². The molecule has 0 amide bonds. The van der Waals surface area contributed by atoms with Gasteiger partial charge in [0, 0.05) is 5.41 Å². The number of hydrogen-bond acceptors (Lipinski definition) is 3. The molecule has 0 radical (unpaired) electrons. The molecule has 0 unspecified atom stereocenters. The van der Waals surface area contributed by atoms with E-state index in [1.807, 2.05) is 6.07 Å². The molecule has 1 rings (SSSR count). The van der Waals surface area contributed by atoms with Gasteiger partial charge in [-0.05, 0) is 5.56 Å². The van der Waals surface area contributed by atoms with Crippen molar-refractivity contribution in [1.82, 2.24) is 4.72 Å². The molecule has 0 aliphatic heterocycles. The highest BCUT2D eigenvalue weighted by Gasteiger charge is 2.15. The fourth-order valence-corrected chi connectivity index (χ4v) is 1.85. The first-order valence-electron chi connectivity index (χ1n) is 4.39. The molecule has 0 spiro atoms. The molecule has 0 saturated heterocycles. The fraction of sp³-hybridized carbons (Fsp3) is 0.200. The van der Waals surface area contributed by atoms with Crippen LogP contribution >= 0.6 is 0 Å². The van der Waals surface area contributed by atoms with Crippen molar-refractivity contribution >= 4 is 10.0 Å². The van der Waals surface area contributed by atoms with Gasteiger partial charge in [0.05, 0.1) is 12.6 Å². The topological polar surface area (TPSA) is 66.4 Å². The predicted octanol–water partition coefficient (Wildman–Crippen LogP) is 0.783. The predicted molar refractivity (Wildman–Crippen MR) is 58.5 cm³/mol. The normalized spacial score (nSPS) is 13.4. The summed E-state index contributed by atoms with van der Waals surface area (Å²) in [6.07, 6.45) is 0. The summed E-state index contributed by atoms with van der Waals surface area (Å²) in [5.41, 5.74) is 0.713. The lowest BCUT2D eigenvalue weighted by atomic mass is 10.1. The third-order valence-corrected chi connectivity index (χ3v) is 2.96. The average Bonchev–Trinajstić information content (AvgIpc) is 2.27. The van der Waals surface area contributed by atoms with Gasteiger partial charge in [-0.1, -0.05) is 36.9 Å². The smallest absolute Gasteiger partial charge is 0.233 e. The Balaban J connectivity index is 2.87. The van der Waals surface area contributed by atoms with Gasteiger partial charge in [0.2, 0.25) is 10.0 Å². The van der Waals surface area contributed by atoms with Crippen molar-refractivity contribution in [3.8, 4) is 0 Å². The van der Waals surface area contributed by atoms with Crippen LogP contribution in [0.5, 0.6) is 0 Å². The Kier molecular flexibility index (Phi) is 4.02. The van der Waals surface area contributed by atoms with Gasteiger partial charge >= 0.3 is 0 Å². The standard InChI is InChI=1S/C10H13NO3S/c1-2-15(13,14)11-10(8-12)9-6-4-3-5-7-9/h2-7,10-12H,1,8H2/t10-/m0/s1. The quantitative estimate of drug-likeness (QED) is 0.781. The molecule has 0 heterocycles. The maximum Gasteiger partial charge on any atom is 0.233 e. The van der Waals surface area contributed by atoms with E-state index in [0.29, 0.717) is 5.56 Å². The minimum atomic E-state index is -3.53. The van der Waals surface area contributed by atoms with Crippen molar-refractivity contribution in [2.24, 2.45) is 0 Å². The van der Waals surface area contributed by atoms with Gasteiger partial charge in [-0.3, -0.25) is 0 Å². The van der Waals surface area contributed by atoms with E-state index in [0.717, 1.165) is 5.41 Å². The van der Waals surface area contributed by atoms with Gasteiger partial charge in [-0.15, -0.1) is 0 Å². The van der Waals surface area contributed by atoms with Crippen LogP contribution in [0, 0.1) is 0 Å². The number of nitrogens with one attached hydrogen (secondary N) is 1. The first-order chi connectivity index (χ1) is 7.09. The highest BCUT2D eigenvalue weighted by atomic mass is 32.2. The number of hydrogen-bond donors (Lipinski definition) is 2. The van der Waals surface area contributed by atoms with Gasteiger partial charge in [-0.2, -0.15) is 0 Å². The Morgan fingerprint density at radius 2 is 2.00 bits per heavy atom. The molecule has 0 aliphatic carbocycles. The Bertz CT molecular complexity index is 414. The van der Waals surface area contributed by atoms with Crippen LogP contribution in [0.25, 0.3) is 0 Å². The molecule has 82 valence electrons. The van der Waals surface area contributed by atoms with Gasteiger partial charge in [0.15, 0.2) is 0 Å². The number of rotatable bonds is 5. The summed E-state index contributed by atoms with van der Waals surface area (Å²) in [7, 11) is -3.53. The molecule has 5 heteroatoms. The third-order valence-electron chi connectivity index (χ3n) is 1.91. The first-order valence-corrected chi connectivity index (χ1v) is 5.94. The van der Waals surface area contributed by atoms with Crippen LogP contribution in [0.4, 0.5) is 0 Å². The van der Waals surface area contributed by atoms with Crippen LogP contribution in [0.15, 0.2) is 42.3 Å². The molecule has 4 nitrogen and oxygen atoms in total. The molecule has 0 bridgehead atoms. The monoisotopic (exact) mass is 227 g/mol. The molecule has 15 heavy (non-hydrogen) atoms. The molecule has 1 atom stereocenters. The lowest BCUT2D eigenvalue weighted by molar-refractivity contribution is 0.259. The number of benzene rings is 1. The van der Waals surface area contributed by atoms with Crippen LogP contribution in [0.1, 0.15) is 11.6 Å². The second-order valence-electron chi connectivity index (χ2n) is 2.98. The zero-order valence-electron chi connectivity index (χ0n) is 8.13. The average molecular weight is 227 g/mol. The number of aliphatic hydroxyl groups excluding tert-OH is 1. The van der Waals surface area contributed by atoms with Crippen LogP contribution < -0.4 is 4.72 Å². The van der Waals surface area contributed by atoms with Crippen molar-refractivity contribution < 1.29 is 13.5 Å². The van der Waals surface area contributed by atoms with Crippen LogP contribution in [-0.4, -0.2) is 20.1 Å². The Hall–Kier alpha value is -1.17. The summed E-state index contributed by atoms with van der Waals surface area (Å²) in [6, 6.07) is 8.23. The zero-order chi connectivity index (χ0) is 11.3. The van der Waals surface area contributed by atoms with E-state index >= 15 is 0 Å². The summed E-state index contributed by atoms with van der Waals surface area (Å²) >= 11 is 0. The molecule has 1 aromatic carbocycles. The Morgan fingerprint density at radius 1 is 1.40 bits per heavy atom. The van der Waals surface area contributed by atoms with Crippen molar-refractivity contribution in [3.05, 3.63) is 47.9 Å². The van der Waals surface area contributed by atoms with Crippen LogP contribution in [-0.2, 0) is 10.0 Å². The largest absolute Gasteiger partial charge is 0.394 e. The van der Waals surface area contributed by atoms with Gasteiger partial charge in [-0.25, -0.2) is 13.1 Å². The molecule has 0 saturated carbocycles. The minimum Gasteiger partial charge on any atom is -0.394 e. The summed E-state index contributed by atoms with van der Waals surface area (Å²) < 4.78 is 24.7. The highest BCUT2D eigenvalue weighted by molar-refractivity contribution is 7.92. The van der Waals surface area contributed by atoms with E-state index in [1.54, 1.807) is 24.3 Å². The lowest BCUT2D eigenvalue weighted by Gasteiger charge is -2.14. The van der Waals surface area contributed by atoms with E-state index in [-0.39, 0.29) is 6.61 Å². The fourth-order valence-electron chi connectivity index (χ4n) is 1.14. The van der Waals surface area contributed by atoms with E-state index in [4.69, 9.17) is 5.11 Å². The van der Waals surface area contributed by atoms with Crippen molar-refractivity contribution in [2.75, 3.05) is 6.61 Å².